The highest BCUT2D eigenvalue weighted by Gasteiger charge is 2.08. The van der Waals surface area contributed by atoms with Gasteiger partial charge in [0.1, 0.15) is 6.07 Å². The van der Waals surface area contributed by atoms with E-state index in [0.29, 0.717) is 11.2 Å². The Bertz CT molecular complexity index is 857. The minimum absolute atomic E-state index is 0.611. The fourth-order valence-corrected chi connectivity index (χ4v) is 2.26. The molecule has 102 valence electrons. The number of benzene rings is 1. The molecular weight excluding hydrogens is 260 g/mol. The maximum atomic E-state index is 9.19. The summed E-state index contributed by atoms with van der Waals surface area (Å²) in [5, 5.41) is 13.5. The molecule has 21 heavy (non-hydrogen) atoms. The molecule has 0 unspecified atom stereocenters. The minimum Gasteiger partial charge on any atom is -0.354 e. The summed E-state index contributed by atoms with van der Waals surface area (Å²) in [4.78, 5) is 8.93. The van der Waals surface area contributed by atoms with Crippen molar-refractivity contribution in [1.82, 2.24) is 9.97 Å². The number of para-hydroxylation sites is 1. The first-order valence-corrected chi connectivity index (χ1v) is 6.68. The average Bonchev–Trinajstić information content (AvgIpc) is 2.47. The van der Waals surface area contributed by atoms with Crippen molar-refractivity contribution < 1.29 is 0 Å². The summed E-state index contributed by atoms with van der Waals surface area (Å²) in [6.07, 6.45) is 0. The topological polar surface area (TPSA) is 61.6 Å². The second-order valence-electron chi connectivity index (χ2n) is 4.92. The number of anilines is 2. The molecule has 0 atom stereocenters. The summed E-state index contributed by atoms with van der Waals surface area (Å²) in [7, 11) is 0. The maximum Gasteiger partial charge on any atom is 0.161 e. The number of nitrogens with zero attached hydrogens (tertiary/aromatic N) is 3. The molecule has 2 aromatic heterocycles. The van der Waals surface area contributed by atoms with Crippen LogP contribution in [-0.4, -0.2) is 9.97 Å². The predicted octanol–water partition coefficient (Wildman–Crippen LogP) is 3.86. The van der Waals surface area contributed by atoms with Crippen LogP contribution in [0, 0.1) is 25.2 Å². The molecule has 0 spiro atoms. The lowest BCUT2D eigenvalue weighted by Crippen LogP contribution is -1.98. The number of pyridine rings is 2. The molecule has 3 rings (SSSR count). The van der Waals surface area contributed by atoms with Crippen LogP contribution < -0.4 is 5.32 Å². The molecule has 1 aromatic carbocycles. The van der Waals surface area contributed by atoms with E-state index in [9.17, 15) is 5.26 Å². The Hall–Kier alpha value is -2.93. The number of nitriles is 1. The smallest absolute Gasteiger partial charge is 0.161 e. The summed E-state index contributed by atoms with van der Waals surface area (Å²) in [5.74, 6) is 0. The van der Waals surface area contributed by atoms with E-state index < -0.39 is 0 Å². The molecule has 2 heterocycles. The number of rotatable bonds is 2. The monoisotopic (exact) mass is 274 g/mol. The van der Waals surface area contributed by atoms with Crippen LogP contribution in [0.15, 0.2) is 42.5 Å². The zero-order chi connectivity index (χ0) is 14.8. The van der Waals surface area contributed by atoms with Crippen LogP contribution in [0.25, 0.3) is 11.0 Å². The van der Waals surface area contributed by atoms with Crippen LogP contribution in [0.2, 0.25) is 0 Å². The molecule has 0 bridgehead atoms. The van der Waals surface area contributed by atoms with E-state index in [0.717, 1.165) is 28.1 Å². The van der Waals surface area contributed by atoms with E-state index in [2.05, 4.69) is 21.4 Å². The molecule has 0 saturated carbocycles. The highest BCUT2D eigenvalue weighted by atomic mass is 14.9. The summed E-state index contributed by atoms with van der Waals surface area (Å²) >= 11 is 0. The van der Waals surface area contributed by atoms with Gasteiger partial charge in [0, 0.05) is 16.8 Å². The third-order valence-electron chi connectivity index (χ3n) is 3.26. The Morgan fingerprint density at radius 2 is 1.71 bits per heavy atom. The minimum atomic E-state index is 0.611. The number of hydrogen-bond acceptors (Lipinski definition) is 4. The molecule has 0 saturated heterocycles. The molecule has 4 heteroatoms. The van der Waals surface area contributed by atoms with E-state index in [1.54, 1.807) is 6.07 Å². The first-order chi connectivity index (χ1) is 10.2. The number of aromatic nitrogens is 2. The Kier molecular flexibility index (Phi) is 3.25. The van der Waals surface area contributed by atoms with Crippen LogP contribution in [0.1, 0.15) is 17.0 Å². The van der Waals surface area contributed by atoms with Crippen molar-refractivity contribution >= 4 is 22.4 Å². The van der Waals surface area contributed by atoms with Crippen LogP contribution in [0.4, 0.5) is 11.4 Å². The van der Waals surface area contributed by atoms with Crippen molar-refractivity contribution in [3.8, 4) is 6.07 Å². The highest BCUT2D eigenvalue weighted by Crippen LogP contribution is 2.27. The van der Waals surface area contributed by atoms with Gasteiger partial charge in [-0.15, -0.1) is 0 Å². The van der Waals surface area contributed by atoms with Gasteiger partial charge in [-0.05, 0) is 44.2 Å². The largest absolute Gasteiger partial charge is 0.354 e. The molecule has 4 nitrogen and oxygen atoms in total. The van der Waals surface area contributed by atoms with Gasteiger partial charge in [-0.2, -0.15) is 5.26 Å². The number of nitrogens with one attached hydrogen (secondary N) is 1. The Balaban J connectivity index is 2.15. The first kappa shape index (κ1) is 13.1. The standard InChI is InChI=1S/C17H14N4/c1-11-7-8-14-16(9-12(2)20-17(14)19-11)21-15-6-4-3-5-13(15)10-18/h3-9H,1-2H3,(H,19,20,21). The van der Waals surface area contributed by atoms with Gasteiger partial charge >= 0.3 is 0 Å². The normalized spacial score (nSPS) is 10.3. The quantitative estimate of drug-likeness (QED) is 0.770. The van der Waals surface area contributed by atoms with Gasteiger partial charge in [-0.25, -0.2) is 9.97 Å². The fourth-order valence-electron chi connectivity index (χ4n) is 2.26. The van der Waals surface area contributed by atoms with E-state index in [1.807, 2.05) is 50.2 Å². The van der Waals surface area contributed by atoms with Gasteiger partial charge in [0.2, 0.25) is 0 Å². The maximum absolute atomic E-state index is 9.19. The number of fused-ring (bicyclic) bond motifs is 1. The van der Waals surface area contributed by atoms with Gasteiger partial charge in [-0.1, -0.05) is 12.1 Å². The molecule has 0 aliphatic heterocycles. The van der Waals surface area contributed by atoms with Crippen molar-refractivity contribution in [2.24, 2.45) is 0 Å². The van der Waals surface area contributed by atoms with E-state index >= 15 is 0 Å². The Labute approximate surface area is 123 Å². The van der Waals surface area contributed by atoms with Crippen molar-refractivity contribution in [3.63, 3.8) is 0 Å². The summed E-state index contributed by atoms with van der Waals surface area (Å²) in [6, 6.07) is 15.6. The van der Waals surface area contributed by atoms with E-state index in [1.165, 1.54) is 0 Å². The lowest BCUT2D eigenvalue weighted by atomic mass is 10.1. The molecule has 3 aromatic rings. The number of aryl methyl sites for hydroxylation is 2. The Morgan fingerprint density at radius 3 is 2.52 bits per heavy atom. The SMILES string of the molecule is Cc1ccc2c(Nc3ccccc3C#N)cc(C)nc2n1. The first-order valence-electron chi connectivity index (χ1n) is 6.68. The predicted molar refractivity (Wildman–Crippen MR) is 83.5 cm³/mol. The molecule has 1 N–H and O–H groups in total. The van der Waals surface area contributed by atoms with Gasteiger partial charge in [0.15, 0.2) is 5.65 Å². The zero-order valence-electron chi connectivity index (χ0n) is 11.9. The van der Waals surface area contributed by atoms with E-state index in [4.69, 9.17) is 0 Å². The van der Waals surface area contributed by atoms with Crippen molar-refractivity contribution in [1.29, 1.82) is 5.26 Å². The molecule has 0 aliphatic rings. The Morgan fingerprint density at radius 1 is 0.952 bits per heavy atom. The third-order valence-corrected chi connectivity index (χ3v) is 3.26. The third kappa shape index (κ3) is 2.54. The molecule has 0 aliphatic carbocycles. The van der Waals surface area contributed by atoms with Crippen LogP contribution in [-0.2, 0) is 0 Å². The van der Waals surface area contributed by atoms with Crippen molar-refractivity contribution in [3.05, 3.63) is 59.4 Å². The molecule has 0 fully saturated rings. The van der Waals surface area contributed by atoms with Crippen molar-refractivity contribution in [2.45, 2.75) is 13.8 Å². The molecule has 0 radical (unpaired) electrons. The van der Waals surface area contributed by atoms with Crippen LogP contribution in [0.5, 0.6) is 0 Å². The lowest BCUT2D eigenvalue weighted by Gasteiger charge is -2.11. The van der Waals surface area contributed by atoms with Gasteiger partial charge in [0.25, 0.3) is 0 Å². The average molecular weight is 274 g/mol. The second-order valence-corrected chi connectivity index (χ2v) is 4.92. The van der Waals surface area contributed by atoms with Crippen LogP contribution >= 0.6 is 0 Å². The lowest BCUT2D eigenvalue weighted by molar-refractivity contribution is 1.16. The second kappa shape index (κ2) is 5.22. The van der Waals surface area contributed by atoms with Crippen molar-refractivity contribution in [2.75, 3.05) is 5.32 Å². The van der Waals surface area contributed by atoms with Gasteiger partial charge in [0.05, 0.1) is 16.9 Å². The summed E-state index contributed by atoms with van der Waals surface area (Å²) in [5.41, 5.74) is 4.84. The highest BCUT2D eigenvalue weighted by molar-refractivity contribution is 5.91. The van der Waals surface area contributed by atoms with E-state index in [-0.39, 0.29) is 0 Å². The molecular formula is C17H14N4. The zero-order valence-corrected chi connectivity index (χ0v) is 11.9. The number of hydrogen-bond donors (Lipinski definition) is 1. The van der Waals surface area contributed by atoms with Gasteiger partial charge < -0.3 is 5.32 Å². The van der Waals surface area contributed by atoms with Gasteiger partial charge in [-0.3, -0.25) is 0 Å². The fraction of sp³-hybridized carbons (Fsp3) is 0.118. The molecule has 0 amide bonds. The summed E-state index contributed by atoms with van der Waals surface area (Å²) in [6.45, 7) is 3.88. The van der Waals surface area contributed by atoms with Crippen LogP contribution in [0.3, 0.4) is 0 Å². The summed E-state index contributed by atoms with van der Waals surface area (Å²) < 4.78 is 0.